The second-order valence-corrected chi connectivity index (χ2v) is 5.16. The average molecular weight is 264 g/mol. The molecule has 0 aliphatic rings. The molecule has 0 aliphatic heterocycles. The maximum atomic E-state index is 11.7. The topological polar surface area (TPSA) is 64.3 Å². The quantitative estimate of drug-likeness (QED) is 0.795. The van der Waals surface area contributed by atoms with Crippen LogP contribution < -0.4 is 11.1 Å². The minimum atomic E-state index is -0.164. The number of ether oxygens (including phenoxy) is 1. The summed E-state index contributed by atoms with van der Waals surface area (Å²) in [4.78, 5) is 11.7. The van der Waals surface area contributed by atoms with E-state index in [1.807, 2.05) is 38.1 Å². The summed E-state index contributed by atoms with van der Waals surface area (Å²) in [5.41, 5.74) is 7.19. The van der Waals surface area contributed by atoms with Gasteiger partial charge >= 0.3 is 0 Å². The molecule has 0 bridgehead atoms. The SMILES string of the molecule is CCC(C)(C)OCCC(=O)Nc1ccc(CN)cc1. The van der Waals surface area contributed by atoms with Gasteiger partial charge in [0.25, 0.3) is 0 Å². The molecule has 0 spiro atoms. The van der Waals surface area contributed by atoms with E-state index in [1.54, 1.807) is 0 Å². The van der Waals surface area contributed by atoms with Crippen molar-refractivity contribution < 1.29 is 9.53 Å². The zero-order chi connectivity index (χ0) is 14.3. The fourth-order valence-electron chi connectivity index (χ4n) is 1.47. The Hall–Kier alpha value is -1.39. The highest BCUT2D eigenvalue weighted by Crippen LogP contribution is 2.14. The van der Waals surface area contributed by atoms with Crippen molar-refractivity contribution in [2.75, 3.05) is 11.9 Å². The number of nitrogens with two attached hydrogens (primary N) is 1. The van der Waals surface area contributed by atoms with Crippen molar-refractivity contribution in [2.45, 2.75) is 45.8 Å². The van der Waals surface area contributed by atoms with Crippen molar-refractivity contribution in [1.82, 2.24) is 0 Å². The third kappa shape index (κ3) is 5.85. The molecule has 0 atom stereocenters. The molecule has 1 rings (SSSR count). The van der Waals surface area contributed by atoms with E-state index < -0.39 is 0 Å². The van der Waals surface area contributed by atoms with E-state index in [4.69, 9.17) is 10.5 Å². The number of anilines is 1. The van der Waals surface area contributed by atoms with Crippen molar-refractivity contribution in [3.05, 3.63) is 29.8 Å². The molecule has 19 heavy (non-hydrogen) atoms. The van der Waals surface area contributed by atoms with E-state index in [0.29, 0.717) is 19.6 Å². The summed E-state index contributed by atoms with van der Waals surface area (Å²) in [5.74, 6) is -0.0348. The fraction of sp³-hybridized carbons (Fsp3) is 0.533. The number of hydrogen-bond donors (Lipinski definition) is 2. The highest BCUT2D eigenvalue weighted by atomic mass is 16.5. The molecule has 1 aromatic carbocycles. The maximum absolute atomic E-state index is 11.7. The summed E-state index contributed by atoms with van der Waals surface area (Å²) in [6, 6.07) is 7.53. The summed E-state index contributed by atoms with van der Waals surface area (Å²) < 4.78 is 5.65. The van der Waals surface area contributed by atoms with Gasteiger partial charge in [-0.3, -0.25) is 4.79 Å². The van der Waals surface area contributed by atoms with E-state index >= 15 is 0 Å². The van der Waals surface area contributed by atoms with Crippen LogP contribution in [0.25, 0.3) is 0 Å². The summed E-state index contributed by atoms with van der Waals surface area (Å²) in [6.45, 7) is 7.06. The Balaban J connectivity index is 2.34. The lowest BCUT2D eigenvalue weighted by Crippen LogP contribution is -2.25. The lowest BCUT2D eigenvalue weighted by atomic mass is 10.1. The van der Waals surface area contributed by atoms with Gasteiger partial charge in [-0.25, -0.2) is 0 Å². The van der Waals surface area contributed by atoms with Gasteiger partial charge in [-0.1, -0.05) is 19.1 Å². The van der Waals surface area contributed by atoms with Crippen LogP contribution in [0.4, 0.5) is 5.69 Å². The third-order valence-corrected chi connectivity index (χ3v) is 3.15. The number of nitrogens with one attached hydrogen (secondary N) is 1. The summed E-state index contributed by atoms with van der Waals surface area (Å²) in [5, 5.41) is 2.84. The second kappa shape index (κ2) is 7.26. The molecule has 0 unspecified atom stereocenters. The Labute approximate surface area is 115 Å². The van der Waals surface area contributed by atoms with Crippen LogP contribution in [0.5, 0.6) is 0 Å². The number of amides is 1. The minimum Gasteiger partial charge on any atom is -0.375 e. The zero-order valence-corrected chi connectivity index (χ0v) is 12.0. The standard InChI is InChI=1S/C15H24N2O2/c1-4-15(2,3)19-10-9-14(18)17-13-7-5-12(11-16)6-8-13/h5-8H,4,9-11,16H2,1-3H3,(H,17,18). The van der Waals surface area contributed by atoms with E-state index in [2.05, 4.69) is 12.2 Å². The second-order valence-electron chi connectivity index (χ2n) is 5.16. The molecular formula is C15H24N2O2. The summed E-state index contributed by atoms with van der Waals surface area (Å²) >= 11 is 0. The molecule has 1 amide bonds. The number of carbonyl (C=O) groups excluding carboxylic acids is 1. The molecule has 4 heteroatoms. The van der Waals surface area contributed by atoms with Gasteiger partial charge in [-0.15, -0.1) is 0 Å². The van der Waals surface area contributed by atoms with Crippen LogP contribution >= 0.6 is 0 Å². The van der Waals surface area contributed by atoms with Crippen LogP contribution in [-0.2, 0) is 16.1 Å². The largest absolute Gasteiger partial charge is 0.375 e. The van der Waals surface area contributed by atoms with E-state index in [0.717, 1.165) is 17.7 Å². The predicted molar refractivity (Wildman–Crippen MR) is 77.9 cm³/mol. The molecule has 0 saturated heterocycles. The molecule has 4 nitrogen and oxygen atoms in total. The Morgan fingerprint density at radius 3 is 2.47 bits per heavy atom. The first-order chi connectivity index (χ1) is 8.96. The van der Waals surface area contributed by atoms with Crippen molar-refractivity contribution in [3.8, 4) is 0 Å². The van der Waals surface area contributed by atoms with Crippen LogP contribution in [-0.4, -0.2) is 18.1 Å². The number of benzene rings is 1. The van der Waals surface area contributed by atoms with Crippen molar-refractivity contribution >= 4 is 11.6 Å². The van der Waals surface area contributed by atoms with Crippen LogP contribution in [0.15, 0.2) is 24.3 Å². The fourth-order valence-corrected chi connectivity index (χ4v) is 1.47. The smallest absolute Gasteiger partial charge is 0.226 e. The zero-order valence-electron chi connectivity index (χ0n) is 12.0. The first-order valence-electron chi connectivity index (χ1n) is 6.69. The number of hydrogen-bond acceptors (Lipinski definition) is 3. The van der Waals surface area contributed by atoms with Gasteiger partial charge in [0.2, 0.25) is 5.91 Å². The van der Waals surface area contributed by atoms with Gasteiger partial charge in [-0.05, 0) is 38.0 Å². The molecule has 0 fully saturated rings. The molecular weight excluding hydrogens is 240 g/mol. The molecule has 0 aromatic heterocycles. The Morgan fingerprint density at radius 2 is 1.95 bits per heavy atom. The van der Waals surface area contributed by atoms with Crippen LogP contribution in [0.3, 0.4) is 0 Å². The first kappa shape index (κ1) is 15.7. The van der Waals surface area contributed by atoms with Crippen LogP contribution in [0, 0.1) is 0 Å². The van der Waals surface area contributed by atoms with Crippen LogP contribution in [0.2, 0.25) is 0 Å². The van der Waals surface area contributed by atoms with E-state index in [9.17, 15) is 4.79 Å². The van der Waals surface area contributed by atoms with Gasteiger partial charge in [0.05, 0.1) is 18.6 Å². The Kier molecular flexibility index (Phi) is 5.99. The lowest BCUT2D eigenvalue weighted by molar-refractivity contribution is -0.118. The van der Waals surface area contributed by atoms with Gasteiger partial charge in [-0.2, -0.15) is 0 Å². The molecule has 1 aromatic rings. The van der Waals surface area contributed by atoms with Crippen molar-refractivity contribution in [3.63, 3.8) is 0 Å². The molecule has 0 radical (unpaired) electrons. The average Bonchev–Trinajstić information content (AvgIpc) is 2.39. The normalized spacial score (nSPS) is 11.4. The first-order valence-corrected chi connectivity index (χ1v) is 6.69. The molecule has 0 aliphatic carbocycles. The summed E-state index contributed by atoms with van der Waals surface area (Å²) in [7, 11) is 0. The van der Waals surface area contributed by atoms with Gasteiger partial charge < -0.3 is 15.8 Å². The Bertz CT molecular complexity index is 399. The Morgan fingerprint density at radius 1 is 1.32 bits per heavy atom. The van der Waals surface area contributed by atoms with Crippen molar-refractivity contribution in [1.29, 1.82) is 0 Å². The van der Waals surface area contributed by atoms with Gasteiger partial charge in [0.15, 0.2) is 0 Å². The van der Waals surface area contributed by atoms with Gasteiger partial charge in [0, 0.05) is 12.2 Å². The monoisotopic (exact) mass is 264 g/mol. The highest BCUT2D eigenvalue weighted by molar-refractivity contribution is 5.90. The molecule has 0 saturated carbocycles. The summed E-state index contributed by atoms with van der Waals surface area (Å²) in [6.07, 6.45) is 1.29. The van der Waals surface area contributed by atoms with Gasteiger partial charge in [0.1, 0.15) is 0 Å². The van der Waals surface area contributed by atoms with Crippen LogP contribution in [0.1, 0.15) is 39.2 Å². The van der Waals surface area contributed by atoms with E-state index in [-0.39, 0.29) is 11.5 Å². The maximum Gasteiger partial charge on any atom is 0.226 e. The minimum absolute atomic E-state index is 0.0348. The third-order valence-electron chi connectivity index (χ3n) is 3.15. The van der Waals surface area contributed by atoms with Crippen molar-refractivity contribution in [2.24, 2.45) is 5.73 Å². The lowest BCUT2D eigenvalue weighted by Gasteiger charge is -2.23. The molecule has 0 heterocycles. The highest BCUT2D eigenvalue weighted by Gasteiger charge is 2.15. The van der Waals surface area contributed by atoms with E-state index in [1.165, 1.54) is 0 Å². The number of carbonyl (C=O) groups is 1. The molecule has 3 N–H and O–H groups in total. The molecule has 106 valence electrons. The predicted octanol–water partition coefficient (Wildman–Crippen LogP) is 2.68. The number of rotatable bonds is 7.